The monoisotopic (exact) mass is 340 g/mol. The Morgan fingerprint density at radius 1 is 1.21 bits per heavy atom. The van der Waals surface area contributed by atoms with Gasteiger partial charge >= 0.3 is 6.18 Å². The van der Waals surface area contributed by atoms with E-state index in [0.29, 0.717) is 19.6 Å². The number of ketones is 1. The summed E-state index contributed by atoms with van der Waals surface area (Å²) in [6, 6.07) is 5.15. The van der Waals surface area contributed by atoms with E-state index in [1.54, 1.807) is 0 Å². The minimum absolute atomic E-state index is 0.0581. The maximum Gasteiger partial charge on any atom is 0.416 e. The third-order valence-electron chi connectivity index (χ3n) is 4.73. The maximum absolute atomic E-state index is 12.7. The lowest BCUT2D eigenvalue weighted by Gasteiger charge is -2.43. The van der Waals surface area contributed by atoms with Gasteiger partial charge in [0.2, 0.25) is 0 Å². The number of hydrogen-bond acceptors (Lipinski definition) is 4. The molecule has 1 unspecified atom stereocenters. The van der Waals surface area contributed by atoms with Gasteiger partial charge in [-0.2, -0.15) is 13.2 Å². The number of piperazine rings is 1. The fourth-order valence-corrected chi connectivity index (χ4v) is 3.18. The van der Waals surface area contributed by atoms with Crippen molar-refractivity contribution >= 4 is 5.78 Å². The lowest BCUT2D eigenvalue weighted by atomic mass is 10.0. The molecule has 4 nitrogen and oxygen atoms in total. The molecule has 24 heavy (non-hydrogen) atoms. The fourth-order valence-electron chi connectivity index (χ4n) is 3.18. The minimum Gasteiger partial charge on any atom is -0.383 e. The maximum atomic E-state index is 12.7. The molecular weight excluding hydrogens is 321 g/mol. The largest absolute Gasteiger partial charge is 0.416 e. The summed E-state index contributed by atoms with van der Waals surface area (Å²) in [7, 11) is 0. The molecule has 130 valence electrons. The number of carbonyl (C=O) groups excluding carboxylic acids is 1. The predicted molar refractivity (Wildman–Crippen MR) is 82.1 cm³/mol. The third kappa shape index (κ3) is 3.32. The number of aliphatic hydroxyl groups is 1. The van der Waals surface area contributed by atoms with Crippen molar-refractivity contribution in [3.8, 4) is 0 Å². The summed E-state index contributed by atoms with van der Waals surface area (Å²) in [4.78, 5) is 15.8. The van der Waals surface area contributed by atoms with Gasteiger partial charge in [0.25, 0.3) is 0 Å². The zero-order valence-electron chi connectivity index (χ0n) is 13.3. The molecule has 1 aromatic carbocycles. The van der Waals surface area contributed by atoms with Crippen LogP contribution < -0.4 is 0 Å². The van der Waals surface area contributed by atoms with Crippen LogP contribution in [0.3, 0.4) is 0 Å². The first-order valence-electron chi connectivity index (χ1n) is 7.84. The van der Waals surface area contributed by atoms with Crippen LogP contribution in [0.15, 0.2) is 36.0 Å². The Kier molecular flexibility index (Phi) is 4.40. The van der Waals surface area contributed by atoms with Crippen LogP contribution in [0.4, 0.5) is 13.2 Å². The number of hydrogen-bond donors (Lipinski definition) is 1. The molecule has 2 atom stereocenters. The van der Waals surface area contributed by atoms with Crippen molar-refractivity contribution in [1.82, 2.24) is 9.80 Å². The summed E-state index contributed by atoms with van der Waals surface area (Å²) >= 11 is 0. The number of carbonyl (C=O) groups is 1. The van der Waals surface area contributed by atoms with E-state index in [1.165, 1.54) is 18.2 Å². The molecule has 3 rings (SSSR count). The number of aliphatic hydroxyl groups excluding tert-OH is 1. The van der Waals surface area contributed by atoms with Crippen molar-refractivity contribution in [2.75, 3.05) is 26.2 Å². The fraction of sp³-hybridized carbons (Fsp3) is 0.471. The Hall–Kier alpha value is -1.86. The Balaban J connectivity index is 1.73. The van der Waals surface area contributed by atoms with Crippen LogP contribution in [0, 0.1) is 0 Å². The van der Waals surface area contributed by atoms with E-state index in [-0.39, 0.29) is 11.8 Å². The molecule has 7 heteroatoms. The van der Waals surface area contributed by atoms with Gasteiger partial charge in [-0.05, 0) is 24.6 Å². The molecule has 2 aliphatic heterocycles. The second kappa shape index (κ2) is 6.22. The van der Waals surface area contributed by atoms with Crippen molar-refractivity contribution < 1.29 is 23.1 Å². The quantitative estimate of drug-likeness (QED) is 0.897. The summed E-state index contributed by atoms with van der Waals surface area (Å²) in [6.07, 6.45) is -3.82. The Morgan fingerprint density at radius 3 is 2.50 bits per heavy atom. The highest BCUT2D eigenvalue weighted by atomic mass is 19.4. The lowest BCUT2D eigenvalue weighted by Crippen LogP contribution is -2.51. The Bertz CT molecular complexity index is 655. The summed E-state index contributed by atoms with van der Waals surface area (Å²) < 4.78 is 38.0. The van der Waals surface area contributed by atoms with Crippen molar-refractivity contribution in [2.24, 2.45) is 0 Å². The number of benzene rings is 1. The Morgan fingerprint density at radius 2 is 1.88 bits per heavy atom. The van der Waals surface area contributed by atoms with Crippen LogP contribution in [-0.4, -0.2) is 53.0 Å². The molecule has 0 amide bonds. The number of fused-ring (bicyclic) bond motifs is 1. The topological polar surface area (TPSA) is 43.8 Å². The molecule has 0 saturated carbocycles. The molecule has 0 spiro atoms. The van der Waals surface area contributed by atoms with Crippen LogP contribution in [0.25, 0.3) is 0 Å². The van der Waals surface area contributed by atoms with Gasteiger partial charge in [-0.15, -0.1) is 0 Å². The normalized spacial score (nSPS) is 23.7. The van der Waals surface area contributed by atoms with Crippen LogP contribution in [0.5, 0.6) is 0 Å². The second-order valence-corrected chi connectivity index (χ2v) is 6.27. The molecule has 0 aliphatic carbocycles. The summed E-state index contributed by atoms with van der Waals surface area (Å²) in [5.41, 5.74) is 1.01. The number of rotatable bonds is 2. The van der Waals surface area contributed by atoms with Crippen LogP contribution in [0.2, 0.25) is 0 Å². The number of alkyl halides is 3. The predicted octanol–water partition coefficient (Wildman–Crippen LogP) is 2.21. The van der Waals surface area contributed by atoms with E-state index in [2.05, 4.69) is 4.90 Å². The van der Waals surface area contributed by atoms with E-state index >= 15 is 0 Å². The Labute approximate surface area is 138 Å². The van der Waals surface area contributed by atoms with Gasteiger partial charge in [0.05, 0.1) is 12.1 Å². The smallest absolute Gasteiger partial charge is 0.383 e. The third-order valence-corrected chi connectivity index (χ3v) is 4.73. The average molecular weight is 340 g/mol. The second-order valence-electron chi connectivity index (χ2n) is 6.27. The molecule has 1 aromatic rings. The number of halogens is 3. The van der Waals surface area contributed by atoms with Crippen molar-refractivity contribution in [1.29, 1.82) is 0 Å². The molecule has 0 radical (unpaired) electrons. The van der Waals surface area contributed by atoms with Crippen molar-refractivity contribution in [3.63, 3.8) is 0 Å². The minimum atomic E-state index is -4.33. The molecule has 2 heterocycles. The zero-order chi connectivity index (χ0) is 17.5. The molecule has 1 saturated heterocycles. The summed E-state index contributed by atoms with van der Waals surface area (Å²) in [6.45, 7) is 4.20. The van der Waals surface area contributed by atoms with Crippen LogP contribution >= 0.6 is 0 Å². The first-order valence-corrected chi connectivity index (χ1v) is 7.84. The van der Waals surface area contributed by atoms with Crippen molar-refractivity contribution in [2.45, 2.75) is 25.2 Å². The standard InChI is InChI=1S/C17H19F3N2O2/c1-11(12-2-4-13(5-3-12)17(18,19)20)21-6-7-22-10-16(24)15(23)8-14(22)9-21/h2-5,8,11,16,24H,6-7,9-10H2,1H3/t11?,16-/m0/s1. The lowest BCUT2D eigenvalue weighted by molar-refractivity contribution is -0.137. The van der Waals surface area contributed by atoms with E-state index in [9.17, 15) is 23.1 Å². The van der Waals surface area contributed by atoms with Gasteiger partial charge in [-0.1, -0.05) is 12.1 Å². The SMILES string of the molecule is CC(c1ccc(C(F)(F)F)cc1)N1CCN2C[C@H](O)C(=O)C=C2C1. The van der Waals surface area contributed by atoms with Gasteiger partial charge in [0.1, 0.15) is 6.10 Å². The highest BCUT2D eigenvalue weighted by molar-refractivity contribution is 5.95. The highest BCUT2D eigenvalue weighted by Gasteiger charge is 2.33. The first kappa shape index (κ1) is 17.0. The van der Waals surface area contributed by atoms with Gasteiger partial charge in [-0.3, -0.25) is 9.69 Å². The van der Waals surface area contributed by atoms with E-state index in [0.717, 1.165) is 29.9 Å². The van der Waals surface area contributed by atoms with Gasteiger partial charge in [0.15, 0.2) is 5.78 Å². The molecule has 2 aliphatic rings. The van der Waals surface area contributed by atoms with Gasteiger partial charge < -0.3 is 10.0 Å². The zero-order valence-corrected chi connectivity index (χ0v) is 13.3. The molecule has 1 N–H and O–H groups in total. The van der Waals surface area contributed by atoms with Crippen LogP contribution in [-0.2, 0) is 11.0 Å². The summed E-state index contributed by atoms with van der Waals surface area (Å²) in [5, 5.41) is 9.62. The summed E-state index contributed by atoms with van der Waals surface area (Å²) in [5.74, 6) is -0.287. The number of nitrogens with zero attached hydrogens (tertiary/aromatic N) is 2. The van der Waals surface area contributed by atoms with E-state index < -0.39 is 17.8 Å². The van der Waals surface area contributed by atoms with Gasteiger partial charge in [0, 0.05) is 37.4 Å². The van der Waals surface area contributed by atoms with E-state index in [4.69, 9.17) is 0 Å². The first-order chi connectivity index (χ1) is 11.3. The van der Waals surface area contributed by atoms with Crippen molar-refractivity contribution in [3.05, 3.63) is 47.2 Å². The molecule has 0 bridgehead atoms. The molecule has 1 fully saturated rings. The molecule has 0 aromatic heterocycles. The van der Waals surface area contributed by atoms with Crippen LogP contribution in [0.1, 0.15) is 24.1 Å². The van der Waals surface area contributed by atoms with E-state index in [1.807, 2.05) is 11.8 Å². The van der Waals surface area contributed by atoms with Gasteiger partial charge in [-0.25, -0.2) is 0 Å². The highest BCUT2D eigenvalue weighted by Crippen LogP contribution is 2.31. The average Bonchev–Trinajstić information content (AvgIpc) is 2.54. The molecular formula is C17H19F3N2O2.